The topological polar surface area (TPSA) is 152 Å². The Morgan fingerprint density at radius 3 is 1.89 bits per heavy atom. The standard InChI is InChI=1S/C43H77FO9/c1-2-3-4-5-6-7-8-9-10-15-18-21-24-35(46)37(47)32(29-51-43-40(50)39(49)38(48)36(28-45)52-43)26-33(44)23-20-17-14-12-11-13-16-19-22-30-25-31-27-34(30)42-41(31)53-42/h26,30-32,34-43,45-50H,2-25,27-29H2,1H3/b33-26+/t30-,31+,32-,34+,35+,36?,37-,38?,39?,40?,41-,42+,43?/m0/s1. The van der Waals surface area contributed by atoms with Crippen LogP contribution in [0, 0.1) is 23.7 Å². The minimum absolute atomic E-state index is 0.229. The molecular weight excluding hydrogens is 679 g/mol. The number of rotatable bonds is 31. The van der Waals surface area contributed by atoms with Gasteiger partial charge in [0.05, 0.1) is 43.5 Å². The van der Waals surface area contributed by atoms with E-state index in [1.165, 1.54) is 102 Å². The molecule has 0 aromatic rings. The fourth-order valence-electron chi connectivity index (χ4n) is 9.45. The van der Waals surface area contributed by atoms with Crippen molar-refractivity contribution in [1.29, 1.82) is 0 Å². The second-order valence-electron chi connectivity index (χ2n) is 17.1. The zero-order chi connectivity index (χ0) is 38.0. The van der Waals surface area contributed by atoms with Gasteiger partial charge in [-0.25, -0.2) is 4.39 Å². The smallest absolute Gasteiger partial charge is 0.186 e. The van der Waals surface area contributed by atoms with Crippen molar-refractivity contribution in [3.8, 4) is 0 Å². The van der Waals surface area contributed by atoms with Crippen LogP contribution in [0.25, 0.3) is 0 Å². The molecule has 0 aromatic heterocycles. The van der Waals surface area contributed by atoms with Crippen LogP contribution in [0.2, 0.25) is 0 Å². The lowest BCUT2D eigenvalue weighted by molar-refractivity contribution is -0.303. The van der Waals surface area contributed by atoms with E-state index in [-0.39, 0.29) is 18.9 Å². The van der Waals surface area contributed by atoms with Gasteiger partial charge in [-0.05, 0) is 55.9 Å². The van der Waals surface area contributed by atoms with Gasteiger partial charge in [0.25, 0.3) is 0 Å². The predicted octanol–water partition coefficient (Wildman–Crippen LogP) is 7.41. The van der Waals surface area contributed by atoms with Gasteiger partial charge in [0.15, 0.2) is 6.29 Å². The molecule has 2 aliphatic heterocycles. The summed E-state index contributed by atoms with van der Waals surface area (Å²) in [6, 6.07) is 0. The number of unbranched alkanes of at least 4 members (excludes halogenated alkanes) is 18. The van der Waals surface area contributed by atoms with E-state index < -0.39 is 55.4 Å². The Morgan fingerprint density at radius 2 is 1.30 bits per heavy atom. The molecule has 0 aromatic carbocycles. The van der Waals surface area contributed by atoms with E-state index in [4.69, 9.17) is 14.2 Å². The first-order valence-corrected chi connectivity index (χ1v) is 22.0. The first-order valence-electron chi connectivity index (χ1n) is 22.0. The molecule has 5 unspecified atom stereocenters. The third kappa shape index (κ3) is 15.0. The summed E-state index contributed by atoms with van der Waals surface area (Å²) in [5.41, 5.74) is 0. The molecular formula is C43H77FO9. The fourth-order valence-corrected chi connectivity index (χ4v) is 9.45. The molecule has 0 amide bonds. The largest absolute Gasteiger partial charge is 0.394 e. The lowest BCUT2D eigenvalue weighted by Gasteiger charge is -2.40. The highest BCUT2D eigenvalue weighted by atomic mass is 19.1. The second-order valence-corrected chi connectivity index (χ2v) is 17.1. The number of fused-ring (bicyclic) bond motifs is 5. The van der Waals surface area contributed by atoms with Crippen LogP contribution in [0.5, 0.6) is 0 Å². The molecule has 2 heterocycles. The van der Waals surface area contributed by atoms with Crippen LogP contribution in [0.3, 0.4) is 0 Å². The lowest BCUT2D eigenvalue weighted by Crippen LogP contribution is -2.59. The van der Waals surface area contributed by atoms with Gasteiger partial charge < -0.3 is 44.8 Å². The number of ether oxygens (including phenoxy) is 3. The van der Waals surface area contributed by atoms with Crippen molar-refractivity contribution in [3.05, 3.63) is 11.9 Å². The maximum Gasteiger partial charge on any atom is 0.186 e. The van der Waals surface area contributed by atoms with E-state index in [1.54, 1.807) is 0 Å². The molecule has 0 spiro atoms. The molecule has 2 saturated heterocycles. The highest BCUT2D eigenvalue weighted by Crippen LogP contribution is 2.59. The number of epoxide rings is 1. The number of aliphatic hydroxyl groups excluding tert-OH is 6. The van der Waals surface area contributed by atoms with Gasteiger partial charge in [0.2, 0.25) is 0 Å². The molecule has 13 atom stereocenters. The zero-order valence-corrected chi connectivity index (χ0v) is 33.0. The van der Waals surface area contributed by atoms with Gasteiger partial charge in [-0.15, -0.1) is 0 Å². The van der Waals surface area contributed by atoms with Gasteiger partial charge in [-0.1, -0.05) is 135 Å². The summed E-state index contributed by atoms with van der Waals surface area (Å²) in [7, 11) is 0. The number of hydrogen-bond donors (Lipinski definition) is 6. The van der Waals surface area contributed by atoms with Crippen molar-refractivity contribution < 1.29 is 49.2 Å². The summed E-state index contributed by atoms with van der Waals surface area (Å²) in [5.74, 6) is 1.30. The highest BCUT2D eigenvalue weighted by Gasteiger charge is 2.62. The molecule has 4 aliphatic rings. The van der Waals surface area contributed by atoms with E-state index in [1.807, 2.05) is 0 Å². The van der Waals surface area contributed by atoms with Gasteiger partial charge in [0.1, 0.15) is 24.4 Å². The van der Waals surface area contributed by atoms with E-state index >= 15 is 4.39 Å². The number of aliphatic hydroxyl groups is 6. The highest BCUT2D eigenvalue weighted by molar-refractivity contribution is 5.10. The first kappa shape index (κ1) is 45.0. The molecule has 4 rings (SSSR count). The van der Waals surface area contributed by atoms with Gasteiger partial charge >= 0.3 is 0 Å². The van der Waals surface area contributed by atoms with Crippen LogP contribution in [0.1, 0.15) is 167 Å². The van der Waals surface area contributed by atoms with Crippen molar-refractivity contribution in [1.82, 2.24) is 0 Å². The fraction of sp³-hybridized carbons (Fsp3) is 0.953. The van der Waals surface area contributed by atoms with E-state index in [2.05, 4.69) is 6.92 Å². The van der Waals surface area contributed by atoms with Crippen LogP contribution in [0.4, 0.5) is 4.39 Å². The normalized spacial score (nSPS) is 32.6. The monoisotopic (exact) mass is 757 g/mol. The van der Waals surface area contributed by atoms with Crippen LogP contribution in [-0.2, 0) is 14.2 Å². The Labute approximate surface area is 320 Å². The molecule has 4 fully saturated rings. The van der Waals surface area contributed by atoms with Crippen molar-refractivity contribution in [2.45, 2.75) is 223 Å². The third-order valence-electron chi connectivity index (χ3n) is 12.9. The van der Waals surface area contributed by atoms with Gasteiger partial charge in [0, 0.05) is 5.92 Å². The van der Waals surface area contributed by atoms with Crippen molar-refractivity contribution in [2.24, 2.45) is 23.7 Å². The average Bonchev–Trinajstić information content (AvgIpc) is 3.76. The summed E-state index contributed by atoms with van der Waals surface area (Å²) in [5, 5.41) is 62.3. The molecule has 2 saturated carbocycles. The Balaban J connectivity index is 1.11. The van der Waals surface area contributed by atoms with E-state index in [0.29, 0.717) is 25.0 Å². The summed E-state index contributed by atoms with van der Waals surface area (Å²) in [4.78, 5) is 0. The van der Waals surface area contributed by atoms with Gasteiger partial charge in [-0.3, -0.25) is 0 Å². The number of halogens is 1. The maximum absolute atomic E-state index is 15.2. The predicted molar refractivity (Wildman–Crippen MR) is 205 cm³/mol. The van der Waals surface area contributed by atoms with E-state index in [0.717, 1.165) is 62.7 Å². The van der Waals surface area contributed by atoms with Crippen molar-refractivity contribution >= 4 is 0 Å². The SMILES string of the molecule is CCCCCCCCCCCCCC[C@@H](O)[C@@H](O)[C@@H](/C=C(/F)CCCCCCCCCC[C@H]1C[C@@H]2C[C@H]1[C@H]1O[C@@H]21)COC1OC(CO)C(O)C(O)C1O. The Kier molecular flexibility index (Phi) is 21.1. The molecule has 53 heavy (non-hydrogen) atoms. The van der Waals surface area contributed by atoms with Crippen molar-refractivity contribution in [2.75, 3.05) is 13.2 Å². The van der Waals surface area contributed by atoms with Crippen LogP contribution in [-0.4, -0.2) is 99.0 Å². The first-order chi connectivity index (χ1) is 25.7. The molecule has 9 nitrogen and oxygen atoms in total. The molecule has 2 bridgehead atoms. The minimum atomic E-state index is -1.61. The molecule has 310 valence electrons. The quantitative estimate of drug-likeness (QED) is 0.0314. The Morgan fingerprint density at radius 1 is 0.717 bits per heavy atom. The molecule has 2 aliphatic carbocycles. The molecule has 0 radical (unpaired) electrons. The zero-order valence-electron chi connectivity index (χ0n) is 33.0. The summed E-state index contributed by atoms with van der Waals surface area (Å²) in [6.07, 6.45) is 20.9. The number of hydrogen-bond acceptors (Lipinski definition) is 9. The number of allylic oxidation sites excluding steroid dienone is 1. The second kappa shape index (κ2) is 24.8. The Hall–Kier alpha value is -0.690. The van der Waals surface area contributed by atoms with Crippen LogP contribution < -0.4 is 0 Å². The summed E-state index contributed by atoms with van der Waals surface area (Å²) < 4.78 is 32.2. The van der Waals surface area contributed by atoms with E-state index in [9.17, 15) is 30.6 Å². The molecule has 6 N–H and O–H groups in total. The maximum atomic E-state index is 15.2. The van der Waals surface area contributed by atoms with Crippen molar-refractivity contribution in [3.63, 3.8) is 0 Å². The molecule has 10 heteroatoms. The summed E-state index contributed by atoms with van der Waals surface area (Å²) >= 11 is 0. The third-order valence-corrected chi connectivity index (χ3v) is 12.9. The van der Waals surface area contributed by atoms with Gasteiger partial charge in [-0.2, -0.15) is 0 Å². The van der Waals surface area contributed by atoms with Crippen LogP contribution in [0.15, 0.2) is 11.9 Å². The minimum Gasteiger partial charge on any atom is -0.394 e. The summed E-state index contributed by atoms with van der Waals surface area (Å²) in [6.45, 7) is 1.35. The van der Waals surface area contributed by atoms with Crippen LogP contribution >= 0.6 is 0 Å². The average molecular weight is 757 g/mol. The Bertz CT molecular complexity index is 999. The lowest BCUT2D eigenvalue weighted by atomic mass is 9.85.